The minimum atomic E-state index is -0.590. The Hall–Kier alpha value is -1.14. The number of rotatable bonds is 4. The fourth-order valence-corrected chi connectivity index (χ4v) is 3.19. The van der Waals surface area contributed by atoms with E-state index < -0.39 is 30.4 Å². The Morgan fingerprint density at radius 1 is 1.00 bits per heavy atom. The lowest BCUT2D eigenvalue weighted by atomic mass is 9.97. The first-order valence-electron chi connectivity index (χ1n) is 8.11. The summed E-state index contributed by atoms with van der Waals surface area (Å²) in [4.78, 5) is 22.5. The molecule has 0 aromatic heterocycles. The highest BCUT2D eigenvalue weighted by atomic mass is 16.7. The standard InChI is InChI=1S/C16H26O6/c1-10-16(21-12(3)18)14(20-11(2)17)9-15(19-10)22-13-7-5-4-6-8-13/h10,13-16H,4-9H2,1-3H3/t10-,14-,15-,16+/m0/s1. The molecule has 2 aliphatic rings. The smallest absolute Gasteiger partial charge is 0.303 e. The van der Waals surface area contributed by atoms with E-state index in [-0.39, 0.29) is 12.2 Å². The van der Waals surface area contributed by atoms with Crippen LogP contribution in [0.15, 0.2) is 0 Å². The molecule has 1 saturated heterocycles. The minimum absolute atomic E-state index is 0.203. The summed E-state index contributed by atoms with van der Waals surface area (Å²) < 4.78 is 22.4. The van der Waals surface area contributed by atoms with Crippen LogP contribution in [-0.4, -0.2) is 42.6 Å². The van der Waals surface area contributed by atoms with Crippen molar-refractivity contribution >= 4 is 11.9 Å². The zero-order chi connectivity index (χ0) is 16.1. The normalized spacial score (nSPS) is 33.2. The lowest BCUT2D eigenvalue weighted by Gasteiger charge is -2.40. The molecule has 0 aromatic rings. The van der Waals surface area contributed by atoms with E-state index in [1.54, 1.807) is 6.92 Å². The highest BCUT2D eigenvalue weighted by Crippen LogP contribution is 2.29. The highest BCUT2D eigenvalue weighted by Gasteiger charge is 2.42. The molecule has 126 valence electrons. The van der Waals surface area contributed by atoms with Crippen molar-refractivity contribution in [1.82, 2.24) is 0 Å². The molecule has 0 aromatic carbocycles. The summed E-state index contributed by atoms with van der Waals surface area (Å²) in [7, 11) is 0. The molecule has 0 spiro atoms. The van der Waals surface area contributed by atoms with Crippen LogP contribution in [0.5, 0.6) is 0 Å². The van der Waals surface area contributed by atoms with Gasteiger partial charge in [-0.2, -0.15) is 0 Å². The van der Waals surface area contributed by atoms with Crippen LogP contribution in [0.1, 0.15) is 59.3 Å². The van der Waals surface area contributed by atoms with Gasteiger partial charge in [0.25, 0.3) is 0 Å². The second-order valence-electron chi connectivity index (χ2n) is 6.12. The van der Waals surface area contributed by atoms with Crippen molar-refractivity contribution in [1.29, 1.82) is 0 Å². The fourth-order valence-electron chi connectivity index (χ4n) is 3.19. The van der Waals surface area contributed by atoms with Crippen LogP contribution in [0.25, 0.3) is 0 Å². The average Bonchev–Trinajstić information content (AvgIpc) is 2.43. The molecule has 1 aliphatic carbocycles. The van der Waals surface area contributed by atoms with E-state index in [9.17, 15) is 9.59 Å². The fraction of sp³-hybridized carbons (Fsp3) is 0.875. The largest absolute Gasteiger partial charge is 0.458 e. The van der Waals surface area contributed by atoms with E-state index in [1.807, 2.05) is 0 Å². The summed E-state index contributed by atoms with van der Waals surface area (Å²) >= 11 is 0. The first-order valence-corrected chi connectivity index (χ1v) is 8.11. The Balaban J connectivity index is 1.97. The molecule has 22 heavy (non-hydrogen) atoms. The molecule has 2 fully saturated rings. The monoisotopic (exact) mass is 314 g/mol. The number of ether oxygens (including phenoxy) is 4. The van der Waals surface area contributed by atoms with Crippen molar-refractivity contribution in [2.24, 2.45) is 0 Å². The molecule has 0 bridgehead atoms. The summed E-state index contributed by atoms with van der Waals surface area (Å²) in [6.07, 6.45) is 4.36. The van der Waals surface area contributed by atoms with E-state index in [0.717, 1.165) is 12.8 Å². The van der Waals surface area contributed by atoms with Crippen molar-refractivity contribution in [2.45, 2.75) is 90.0 Å². The van der Waals surface area contributed by atoms with Crippen LogP contribution in [0.4, 0.5) is 0 Å². The maximum atomic E-state index is 11.3. The van der Waals surface area contributed by atoms with Gasteiger partial charge in [0.15, 0.2) is 12.4 Å². The van der Waals surface area contributed by atoms with E-state index in [2.05, 4.69) is 0 Å². The molecule has 1 aliphatic heterocycles. The van der Waals surface area contributed by atoms with Crippen LogP contribution in [-0.2, 0) is 28.5 Å². The lowest BCUT2D eigenvalue weighted by molar-refractivity contribution is -0.268. The predicted molar refractivity (Wildman–Crippen MR) is 78.0 cm³/mol. The topological polar surface area (TPSA) is 71.1 Å². The molecule has 0 N–H and O–H groups in total. The molecule has 6 nitrogen and oxygen atoms in total. The molecule has 1 heterocycles. The van der Waals surface area contributed by atoms with Gasteiger partial charge in [-0.15, -0.1) is 0 Å². The molecule has 4 atom stereocenters. The van der Waals surface area contributed by atoms with E-state index in [1.165, 1.54) is 33.1 Å². The SMILES string of the molecule is CC(=O)O[C@@H]1[C@H](C)O[C@@H](OC2CCCCC2)C[C@@H]1OC(C)=O. The quantitative estimate of drug-likeness (QED) is 0.742. The van der Waals surface area contributed by atoms with Gasteiger partial charge in [-0.25, -0.2) is 0 Å². The van der Waals surface area contributed by atoms with Crippen molar-refractivity contribution in [3.8, 4) is 0 Å². The van der Waals surface area contributed by atoms with Gasteiger partial charge in [-0.05, 0) is 19.8 Å². The minimum Gasteiger partial charge on any atom is -0.458 e. The molecule has 0 unspecified atom stereocenters. The molecule has 1 saturated carbocycles. The lowest BCUT2D eigenvalue weighted by Crippen LogP contribution is -2.51. The van der Waals surface area contributed by atoms with Gasteiger partial charge in [0.1, 0.15) is 6.10 Å². The molecule has 0 radical (unpaired) electrons. The maximum Gasteiger partial charge on any atom is 0.303 e. The van der Waals surface area contributed by atoms with Crippen molar-refractivity contribution in [3.63, 3.8) is 0 Å². The summed E-state index contributed by atoms with van der Waals surface area (Å²) in [6, 6.07) is 0. The summed E-state index contributed by atoms with van der Waals surface area (Å²) in [5.41, 5.74) is 0. The highest BCUT2D eigenvalue weighted by molar-refractivity contribution is 5.67. The molecule has 6 heteroatoms. The van der Waals surface area contributed by atoms with Crippen LogP contribution in [0.2, 0.25) is 0 Å². The van der Waals surface area contributed by atoms with Crippen molar-refractivity contribution < 1.29 is 28.5 Å². The molecular formula is C16H26O6. The van der Waals surface area contributed by atoms with Gasteiger partial charge < -0.3 is 18.9 Å². The van der Waals surface area contributed by atoms with Crippen molar-refractivity contribution in [2.75, 3.05) is 0 Å². The Kier molecular flexibility index (Phi) is 6.20. The molecular weight excluding hydrogens is 288 g/mol. The first-order chi connectivity index (χ1) is 10.5. The molecule has 0 amide bonds. The summed E-state index contributed by atoms with van der Waals surface area (Å²) in [6.45, 7) is 4.49. The zero-order valence-corrected chi connectivity index (χ0v) is 13.6. The van der Waals surface area contributed by atoms with E-state index >= 15 is 0 Å². The van der Waals surface area contributed by atoms with E-state index in [0.29, 0.717) is 6.42 Å². The Labute approximate surface area is 131 Å². The number of hydrogen-bond donors (Lipinski definition) is 0. The Bertz CT molecular complexity index is 390. The summed E-state index contributed by atoms with van der Waals surface area (Å²) in [5, 5.41) is 0. The van der Waals surface area contributed by atoms with Gasteiger partial charge in [0, 0.05) is 20.3 Å². The summed E-state index contributed by atoms with van der Waals surface area (Å²) in [5.74, 6) is -0.808. The third-order valence-electron chi connectivity index (χ3n) is 4.14. The second kappa shape index (κ2) is 7.92. The molecule has 2 rings (SSSR count). The Morgan fingerprint density at radius 3 is 2.23 bits per heavy atom. The van der Waals surface area contributed by atoms with Gasteiger partial charge >= 0.3 is 11.9 Å². The average molecular weight is 314 g/mol. The second-order valence-corrected chi connectivity index (χ2v) is 6.12. The maximum absolute atomic E-state index is 11.3. The first kappa shape index (κ1) is 17.2. The Morgan fingerprint density at radius 2 is 1.64 bits per heavy atom. The van der Waals surface area contributed by atoms with Crippen LogP contribution >= 0.6 is 0 Å². The third-order valence-corrected chi connectivity index (χ3v) is 4.14. The van der Waals surface area contributed by atoms with Crippen LogP contribution in [0, 0.1) is 0 Å². The number of carbonyl (C=O) groups is 2. The number of esters is 2. The van der Waals surface area contributed by atoms with Crippen LogP contribution in [0.3, 0.4) is 0 Å². The van der Waals surface area contributed by atoms with Crippen LogP contribution < -0.4 is 0 Å². The number of carbonyl (C=O) groups excluding carboxylic acids is 2. The van der Waals surface area contributed by atoms with Gasteiger partial charge in [0.05, 0.1) is 12.2 Å². The third kappa shape index (κ3) is 4.95. The van der Waals surface area contributed by atoms with Gasteiger partial charge in [-0.1, -0.05) is 19.3 Å². The van der Waals surface area contributed by atoms with Crippen molar-refractivity contribution in [3.05, 3.63) is 0 Å². The van der Waals surface area contributed by atoms with Gasteiger partial charge in [0.2, 0.25) is 0 Å². The number of hydrogen-bond acceptors (Lipinski definition) is 6. The van der Waals surface area contributed by atoms with Gasteiger partial charge in [-0.3, -0.25) is 9.59 Å². The predicted octanol–water partition coefficient (Wildman–Crippen LogP) is 2.33. The zero-order valence-electron chi connectivity index (χ0n) is 13.6. The van der Waals surface area contributed by atoms with E-state index in [4.69, 9.17) is 18.9 Å².